The van der Waals surface area contributed by atoms with Crippen molar-refractivity contribution in [2.45, 2.75) is 43.8 Å². The first-order valence-corrected chi connectivity index (χ1v) is 9.59. The third-order valence-electron chi connectivity index (χ3n) is 4.10. The van der Waals surface area contributed by atoms with E-state index in [1.165, 1.54) is 12.1 Å². The van der Waals surface area contributed by atoms with E-state index in [4.69, 9.17) is 11.5 Å². The van der Waals surface area contributed by atoms with Crippen LogP contribution in [0.2, 0.25) is 0 Å². The Morgan fingerprint density at radius 2 is 1.64 bits per heavy atom. The van der Waals surface area contributed by atoms with Crippen molar-refractivity contribution in [1.82, 2.24) is 10.6 Å². The van der Waals surface area contributed by atoms with Gasteiger partial charge >= 0.3 is 5.97 Å². The number of unbranched alkanes of at least 4 members (excludes halogenated alkanes) is 1. The number of phenolic OH excluding ortho intramolecular Hbond substituents is 1. The highest BCUT2D eigenvalue weighted by Gasteiger charge is 2.27. The van der Waals surface area contributed by atoms with Crippen LogP contribution in [0.5, 0.6) is 5.75 Å². The fraction of sp³-hybridized carbons (Fsp3) is 0.500. The number of aromatic hydroxyl groups is 1. The van der Waals surface area contributed by atoms with Crippen molar-refractivity contribution in [1.29, 1.82) is 0 Å². The Bertz CT molecular complexity index is 656. The van der Waals surface area contributed by atoms with Gasteiger partial charge in [0.25, 0.3) is 0 Å². The van der Waals surface area contributed by atoms with Gasteiger partial charge in [-0.2, -0.15) is 12.6 Å². The van der Waals surface area contributed by atoms with Crippen molar-refractivity contribution in [2.75, 3.05) is 12.3 Å². The first-order valence-electron chi connectivity index (χ1n) is 8.96. The molecule has 0 aliphatic heterocycles. The number of thiol groups is 1. The second kappa shape index (κ2) is 12.2. The summed E-state index contributed by atoms with van der Waals surface area (Å²) in [6.07, 6.45) is 1.58. The molecule has 1 aromatic carbocycles. The number of benzene rings is 1. The summed E-state index contributed by atoms with van der Waals surface area (Å²) in [6.45, 7) is 0.442. The number of nitrogens with one attached hydrogen (secondary N) is 2. The molecule has 3 atom stereocenters. The third-order valence-corrected chi connectivity index (χ3v) is 4.50. The fourth-order valence-corrected chi connectivity index (χ4v) is 2.63. The van der Waals surface area contributed by atoms with E-state index in [9.17, 15) is 24.6 Å². The van der Waals surface area contributed by atoms with Crippen LogP contribution in [0.4, 0.5) is 0 Å². The Kier molecular flexibility index (Phi) is 10.4. The van der Waals surface area contributed by atoms with Crippen molar-refractivity contribution < 1.29 is 24.6 Å². The van der Waals surface area contributed by atoms with Gasteiger partial charge in [0.2, 0.25) is 11.8 Å². The van der Waals surface area contributed by atoms with Gasteiger partial charge in [0.05, 0.1) is 6.04 Å². The van der Waals surface area contributed by atoms with Crippen LogP contribution in [0, 0.1) is 0 Å². The number of amides is 2. The van der Waals surface area contributed by atoms with Gasteiger partial charge in [-0.1, -0.05) is 12.1 Å². The Morgan fingerprint density at radius 1 is 1.04 bits per heavy atom. The lowest BCUT2D eigenvalue weighted by Gasteiger charge is -2.22. The molecule has 28 heavy (non-hydrogen) atoms. The van der Waals surface area contributed by atoms with Gasteiger partial charge in [-0.3, -0.25) is 9.59 Å². The highest BCUT2D eigenvalue weighted by atomic mass is 32.1. The minimum Gasteiger partial charge on any atom is -0.508 e. The van der Waals surface area contributed by atoms with E-state index >= 15 is 0 Å². The summed E-state index contributed by atoms with van der Waals surface area (Å²) in [5.74, 6) is -2.18. The standard InChI is InChI=1S/C18H28N4O5S/c19-8-2-1-3-14(21-16(24)13(20)10-28)17(25)22-15(18(26)27)9-11-4-6-12(23)7-5-11/h4-7,13-15,23,28H,1-3,8-10,19-20H2,(H,21,24)(H,22,25)(H,26,27). The average Bonchev–Trinajstić information content (AvgIpc) is 2.67. The van der Waals surface area contributed by atoms with Crippen molar-refractivity contribution in [3.05, 3.63) is 29.8 Å². The lowest BCUT2D eigenvalue weighted by Crippen LogP contribution is -2.55. The predicted molar refractivity (Wildman–Crippen MR) is 108 cm³/mol. The monoisotopic (exact) mass is 412 g/mol. The number of carboxylic acids is 1. The molecule has 10 heteroatoms. The molecule has 0 saturated heterocycles. The minimum atomic E-state index is -1.21. The summed E-state index contributed by atoms with van der Waals surface area (Å²) < 4.78 is 0. The zero-order valence-corrected chi connectivity index (χ0v) is 16.4. The normalized spacial score (nSPS) is 14.0. The van der Waals surface area contributed by atoms with Crippen molar-refractivity contribution in [3.63, 3.8) is 0 Å². The van der Waals surface area contributed by atoms with Crippen LogP contribution in [0.3, 0.4) is 0 Å². The summed E-state index contributed by atoms with van der Waals surface area (Å²) in [5, 5.41) is 23.8. The first-order chi connectivity index (χ1) is 13.3. The van der Waals surface area contributed by atoms with Gasteiger partial charge < -0.3 is 32.3 Å². The Morgan fingerprint density at radius 3 is 2.18 bits per heavy atom. The van der Waals surface area contributed by atoms with Gasteiger partial charge in [0.1, 0.15) is 17.8 Å². The van der Waals surface area contributed by atoms with Gasteiger partial charge in [0.15, 0.2) is 0 Å². The van der Waals surface area contributed by atoms with E-state index in [0.717, 1.165) is 0 Å². The molecule has 0 bridgehead atoms. The fourth-order valence-electron chi connectivity index (χ4n) is 2.46. The molecule has 0 saturated carbocycles. The highest BCUT2D eigenvalue weighted by molar-refractivity contribution is 7.80. The topological polar surface area (TPSA) is 168 Å². The molecule has 9 nitrogen and oxygen atoms in total. The summed E-state index contributed by atoms with van der Waals surface area (Å²) >= 11 is 3.96. The Balaban J connectivity index is 2.83. The highest BCUT2D eigenvalue weighted by Crippen LogP contribution is 2.12. The van der Waals surface area contributed by atoms with Crippen LogP contribution in [0.15, 0.2) is 24.3 Å². The average molecular weight is 413 g/mol. The number of carbonyl (C=O) groups excluding carboxylic acids is 2. The predicted octanol–water partition coefficient (Wildman–Crippen LogP) is -0.625. The Hall–Kier alpha value is -2.30. The van der Waals surface area contributed by atoms with E-state index < -0.39 is 35.9 Å². The third kappa shape index (κ3) is 8.15. The number of rotatable bonds is 12. The van der Waals surface area contributed by atoms with Crippen LogP contribution < -0.4 is 22.1 Å². The molecule has 0 radical (unpaired) electrons. The van der Waals surface area contributed by atoms with Crippen molar-refractivity contribution >= 4 is 30.4 Å². The van der Waals surface area contributed by atoms with Crippen LogP contribution in [-0.4, -0.2) is 58.4 Å². The number of hydrogen-bond donors (Lipinski definition) is 7. The van der Waals surface area contributed by atoms with Crippen LogP contribution in [0.25, 0.3) is 0 Å². The SMILES string of the molecule is NCCCCC(NC(=O)C(N)CS)C(=O)NC(Cc1ccc(O)cc1)C(=O)O. The minimum absolute atomic E-state index is 0.0287. The number of hydrogen-bond acceptors (Lipinski definition) is 7. The van der Waals surface area contributed by atoms with Gasteiger partial charge in [-0.15, -0.1) is 0 Å². The summed E-state index contributed by atoms with van der Waals surface area (Å²) in [5.41, 5.74) is 11.7. The van der Waals surface area contributed by atoms with Gasteiger partial charge in [0, 0.05) is 12.2 Å². The molecule has 0 aromatic heterocycles. The van der Waals surface area contributed by atoms with E-state index in [0.29, 0.717) is 31.4 Å². The molecule has 0 aliphatic rings. The van der Waals surface area contributed by atoms with Crippen molar-refractivity contribution in [2.24, 2.45) is 11.5 Å². The smallest absolute Gasteiger partial charge is 0.326 e. The molecular formula is C18H28N4O5S. The first kappa shape index (κ1) is 23.7. The maximum absolute atomic E-state index is 12.6. The van der Waals surface area contributed by atoms with E-state index in [2.05, 4.69) is 23.3 Å². The largest absolute Gasteiger partial charge is 0.508 e. The molecule has 1 aromatic rings. The number of nitrogens with two attached hydrogens (primary N) is 2. The van der Waals surface area contributed by atoms with E-state index in [1.54, 1.807) is 12.1 Å². The molecule has 156 valence electrons. The molecule has 0 spiro atoms. The maximum Gasteiger partial charge on any atom is 0.326 e. The molecule has 0 heterocycles. The molecule has 0 fully saturated rings. The zero-order chi connectivity index (χ0) is 21.1. The van der Waals surface area contributed by atoms with Crippen LogP contribution in [0.1, 0.15) is 24.8 Å². The second-order valence-corrected chi connectivity index (χ2v) is 6.77. The number of carboxylic acid groups (broad SMARTS) is 1. The molecule has 1 rings (SSSR count). The molecule has 3 unspecified atom stereocenters. The van der Waals surface area contributed by atoms with Crippen LogP contribution >= 0.6 is 12.6 Å². The van der Waals surface area contributed by atoms with Gasteiger partial charge in [-0.05, 0) is 43.5 Å². The molecular weight excluding hydrogens is 384 g/mol. The molecule has 0 aliphatic carbocycles. The Labute approximate surface area is 169 Å². The molecule has 8 N–H and O–H groups in total. The zero-order valence-electron chi connectivity index (χ0n) is 15.5. The van der Waals surface area contributed by atoms with E-state index in [1.807, 2.05) is 0 Å². The number of aliphatic carboxylic acids is 1. The quantitative estimate of drug-likeness (QED) is 0.177. The van der Waals surface area contributed by atoms with Crippen molar-refractivity contribution in [3.8, 4) is 5.75 Å². The number of phenols is 1. The summed E-state index contributed by atoms with van der Waals surface area (Å²) in [6, 6.07) is 3.03. The lowest BCUT2D eigenvalue weighted by atomic mass is 10.0. The molecule has 2 amide bonds. The summed E-state index contributed by atoms with van der Waals surface area (Å²) in [7, 11) is 0. The maximum atomic E-state index is 12.6. The van der Waals surface area contributed by atoms with Crippen LogP contribution in [-0.2, 0) is 20.8 Å². The second-order valence-electron chi connectivity index (χ2n) is 6.40. The van der Waals surface area contributed by atoms with Gasteiger partial charge in [-0.25, -0.2) is 4.79 Å². The van der Waals surface area contributed by atoms with E-state index in [-0.39, 0.29) is 17.9 Å². The number of carbonyl (C=O) groups is 3. The lowest BCUT2D eigenvalue weighted by molar-refractivity contribution is -0.142. The summed E-state index contributed by atoms with van der Waals surface area (Å²) in [4.78, 5) is 36.2.